The monoisotopic (exact) mass is 434 g/mol. The van der Waals surface area contributed by atoms with E-state index < -0.39 is 0 Å². The normalized spacial score (nSPS) is 17.5. The number of nitrogens with zero attached hydrogens (tertiary/aromatic N) is 3. The smallest absolute Gasteiger partial charge is 0.341 e. The minimum absolute atomic E-state index is 0.0727. The van der Waals surface area contributed by atoms with Gasteiger partial charge in [0.15, 0.2) is 5.13 Å². The molecule has 4 rings (SSSR count). The Morgan fingerprint density at radius 3 is 2.83 bits per heavy atom. The van der Waals surface area contributed by atoms with Crippen LogP contribution in [0.4, 0.5) is 10.1 Å². The molecule has 9 heteroatoms. The number of hydrogen-bond acceptors (Lipinski definition) is 8. The number of esters is 1. The van der Waals surface area contributed by atoms with Crippen molar-refractivity contribution >= 4 is 44.7 Å². The Morgan fingerprint density at radius 2 is 2.03 bits per heavy atom. The third-order valence-corrected chi connectivity index (χ3v) is 7.50. The summed E-state index contributed by atoms with van der Waals surface area (Å²) >= 11 is 3.18. The maximum Gasteiger partial charge on any atom is 0.341 e. The number of nitrogens with one attached hydrogen (secondary N) is 1. The molecule has 1 amide bonds. The van der Waals surface area contributed by atoms with Crippen molar-refractivity contribution in [1.82, 2.24) is 9.88 Å². The Morgan fingerprint density at radius 1 is 1.17 bits per heavy atom. The zero-order valence-corrected chi connectivity index (χ0v) is 18.2. The van der Waals surface area contributed by atoms with E-state index in [-0.39, 0.29) is 11.9 Å². The van der Waals surface area contributed by atoms with Crippen molar-refractivity contribution < 1.29 is 14.3 Å². The van der Waals surface area contributed by atoms with Gasteiger partial charge < -0.3 is 15.0 Å². The number of carbonyl (C=O) groups excluding carboxylic acids is 2. The second kappa shape index (κ2) is 9.23. The molecule has 0 spiro atoms. The topological polar surface area (TPSA) is 74.8 Å². The number of amides is 1. The number of methoxy groups -OCH3 is 1. The summed E-state index contributed by atoms with van der Waals surface area (Å²) in [6, 6.07) is 0. The maximum absolute atomic E-state index is 12.8. The lowest BCUT2D eigenvalue weighted by Crippen LogP contribution is -2.36. The summed E-state index contributed by atoms with van der Waals surface area (Å²) in [7, 11) is 1.40. The van der Waals surface area contributed by atoms with Gasteiger partial charge in [-0.05, 0) is 37.7 Å². The van der Waals surface area contributed by atoms with Crippen LogP contribution in [-0.2, 0) is 22.4 Å². The number of ether oxygens (including phenoxy) is 1. The molecule has 7 nitrogen and oxygen atoms in total. The molecule has 1 fully saturated rings. The predicted molar refractivity (Wildman–Crippen MR) is 116 cm³/mol. The molecule has 0 unspecified atom stereocenters. The molecule has 0 bridgehead atoms. The summed E-state index contributed by atoms with van der Waals surface area (Å²) in [5.41, 5.74) is 1.63. The summed E-state index contributed by atoms with van der Waals surface area (Å²) in [5, 5.41) is 6.68. The van der Waals surface area contributed by atoms with E-state index in [4.69, 9.17) is 4.74 Å². The van der Waals surface area contributed by atoms with Gasteiger partial charge in [-0.1, -0.05) is 0 Å². The molecule has 1 aliphatic heterocycles. The highest BCUT2D eigenvalue weighted by Crippen LogP contribution is 2.38. The van der Waals surface area contributed by atoms with Crippen molar-refractivity contribution in [2.75, 3.05) is 50.1 Å². The third-order valence-electron chi connectivity index (χ3n) is 5.46. The average Bonchev–Trinajstić information content (AvgIpc) is 3.31. The Labute approximate surface area is 178 Å². The molecule has 0 radical (unpaired) electrons. The highest BCUT2D eigenvalue weighted by atomic mass is 32.1. The largest absolute Gasteiger partial charge is 0.465 e. The maximum atomic E-state index is 12.8. The van der Waals surface area contributed by atoms with E-state index >= 15 is 0 Å². The van der Waals surface area contributed by atoms with E-state index in [9.17, 15) is 9.59 Å². The molecule has 2 aromatic rings. The highest BCUT2D eigenvalue weighted by Gasteiger charge is 2.27. The van der Waals surface area contributed by atoms with Gasteiger partial charge in [0.05, 0.1) is 19.2 Å². The Kier molecular flexibility index (Phi) is 6.46. The van der Waals surface area contributed by atoms with Gasteiger partial charge >= 0.3 is 5.97 Å². The first-order valence-electron chi connectivity index (χ1n) is 10.0. The molecule has 1 saturated heterocycles. The van der Waals surface area contributed by atoms with Crippen LogP contribution >= 0.6 is 22.7 Å². The van der Waals surface area contributed by atoms with Gasteiger partial charge in [-0.3, -0.25) is 9.69 Å². The minimum atomic E-state index is -0.353. The van der Waals surface area contributed by atoms with Gasteiger partial charge in [0.2, 0.25) is 5.91 Å². The molecule has 0 aromatic carbocycles. The van der Waals surface area contributed by atoms with E-state index in [0.29, 0.717) is 17.1 Å². The van der Waals surface area contributed by atoms with Crippen molar-refractivity contribution in [3.63, 3.8) is 0 Å². The van der Waals surface area contributed by atoms with Gasteiger partial charge in [-0.2, -0.15) is 0 Å². The van der Waals surface area contributed by atoms with Gasteiger partial charge in [0.25, 0.3) is 0 Å². The third kappa shape index (κ3) is 4.62. The van der Waals surface area contributed by atoms with Crippen LogP contribution in [0.15, 0.2) is 11.6 Å². The van der Waals surface area contributed by atoms with E-state index in [2.05, 4.69) is 20.1 Å². The van der Waals surface area contributed by atoms with Crippen LogP contribution in [0.5, 0.6) is 0 Å². The standard InChI is InChI=1S/C20H26N4O3S2/c1-27-19(26)17-14-5-2-3-6-15(14)29-18(17)22-16(25)13-23-8-4-9-24(11-10-23)20-21-7-12-28-20/h7,12H,2-6,8-11,13H2,1H3,(H,22,25). The fourth-order valence-electron chi connectivity index (χ4n) is 4.03. The lowest BCUT2D eigenvalue weighted by Gasteiger charge is -2.21. The Hall–Kier alpha value is -1.97. The van der Waals surface area contributed by atoms with Gasteiger partial charge in [0.1, 0.15) is 5.00 Å². The molecule has 0 atom stereocenters. The summed E-state index contributed by atoms with van der Waals surface area (Å²) in [6.07, 6.45) is 6.88. The Balaban J connectivity index is 1.40. The first-order valence-corrected chi connectivity index (χ1v) is 11.7. The summed E-state index contributed by atoms with van der Waals surface area (Å²) in [4.78, 5) is 35.2. The molecule has 2 aliphatic rings. The van der Waals surface area contributed by atoms with Crippen LogP contribution in [0.2, 0.25) is 0 Å². The van der Waals surface area contributed by atoms with Gasteiger partial charge in [0, 0.05) is 42.6 Å². The first kappa shape index (κ1) is 20.3. The summed E-state index contributed by atoms with van der Waals surface area (Å²) in [5.74, 6) is -0.426. The van der Waals surface area contributed by atoms with Gasteiger partial charge in [-0.25, -0.2) is 9.78 Å². The van der Waals surface area contributed by atoms with Crippen molar-refractivity contribution in [2.24, 2.45) is 0 Å². The van der Waals surface area contributed by atoms with Crippen molar-refractivity contribution in [1.29, 1.82) is 0 Å². The second-order valence-electron chi connectivity index (χ2n) is 7.39. The number of thiazole rings is 1. The van der Waals surface area contributed by atoms with E-state index in [1.807, 2.05) is 11.6 Å². The van der Waals surface area contributed by atoms with Crippen LogP contribution < -0.4 is 10.2 Å². The fraction of sp³-hybridized carbons (Fsp3) is 0.550. The number of rotatable bonds is 5. The molecule has 2 aromatic heterocycles. The van der Waals surface area contributed by atoms with Crippen molar-refractivity contribution in [2.45, 2.75) is 32.1 Å². The van der Waals surface area contributed by atoms with Crippen LogP contribution in [0.25, 0.3) is 0 Å². The highest BCUT2D eigenvalue weighted by molar-refractivity contribution is 7.17. The number of carbonyl (C=O) groups is 2. The van der Waals surface area contributed by atoms with Crippen molar-refractivity contribution in [3.8, 4) is 0 Å². The zero-order chi connectivity index (χ0) is 20.2. The van der Waals surface area contributed by atoms with Crippen molar-refractivity contribution in [3.05, 3.63) is 27.6 Å². The molecule has 1 N–H and O–H groups in total. The van der Waals surface area contributed by atoms with E-state index in [1.165, 1.54) is 23.3 Å². The van der Waals surface area contributed by atoms with E-state index in [0.717, 1.165) is 69.0 Å². The predicted octanol–water partition coefficient (Wildman–Crippen LogP) is 3.02. The molecule has 156 valence electrons. The number of aryl methyl sites for hydroxylation is 1. The molecule has 0 saturated carbocycles. The minimum Gasteiger partial charge on any atom is -0.465 e. The SMILES string of the molecule is COC(=O)c1c(NC(=O)CN2CCCN(c3nccs3)CC2)sc2c1CCCC2. The molecule has 29 heavy (non-hydrogen) atoms. The number of aromatic nitrogens is 1. The van der Waals surface area contributed by atoms with E-state index in [1.54, 1.807) is 11.3 Å². The number of fused-ring (bicyclic) bond motifs is 1. The molecule has 3 heterocycles. The number of hydrogen-bond donors (Lipinski definition) is 1. The first-order chi connectivity index (χ1) is 14.2. The van der Waals surface area contributed by atoms with Crippen LogP contribution in [0.1, 0.15) is 40.1 Å². The number of thiophene rings is 1. The molecular formula is C20H26N4O3S2. The lowest BCUT2D eigenvalue weighted by atomic mass is 9.95. The lowest BCUT2D eigenvalue weighted by molar-refractivity contribution is -0.117. The van der Waals surface area contributed by atoms with Crippen LogP contribution in [0, 0.1) is 0 Å². The Bertz CT molecular complexity index is 865. The molecular weight excluding hydrogens is 408 g/mol. The summed E-state index contributed by atoms with van der Waals surface area (Å²) in [6.45, 7) is 3.84. The van der Waals surface area contributed by atoms with Crippen LogP contribution in [-0.4, -0.2) is 61.6 Å². The zero-order valence-electron chi connectivity index (χ0n) is 16.6. The number of anilines is 2. The average molecular weight is 435 g/mol. The summed E-state index contributed by atoms with van der Waals surface area (Å²) < 4.78 is 4.99. The van der Waals surface area contributed by atoms with Crippen LogP contribution in [0.3, 0.4) is 0 Å². The molecule has 1 aliphatic carbocycles. The fourth-order valence-corrected chi connectivity index (χ4v) is 6.02. The second-order valence-corrected chi connectivity index (χ2v) is 9.36. The quantitative estimate of drug-likeness (QED) is 0.729. The van der Waals surface area contributed by atoms with Gasteiger partial charge in [-0.15, -0.1) is 22.7 Å².